The number of fused-ring (bicyclic) bond motifs is 1. The van der Waals surface area contributed by atoms with Gasteiger partial charge in [0.1, 0.15) is 11.3 Å². The molecule has 3 heterocycles. The normalized spacial score (nSPS) is 25.4. The van der Waals surface area contributed by atoms with E-state index in [0.29, 0.717) is 35.6 Å². The van der Waals surface area contributed by atoms with Gasteiger partial charge < -0.3 is 24.5 Å². The third-order valence-electron chi connectivity index (χ3n) is 6.59. The maximum absolute atomic E-state index is 13.4. The molecule has 2 aliphatic rings. The Kier molecular flexibility index (Phi) is 6.52. The van der Waals surface area contributed by atoms with Crippen LogP contribution < -0.4 is 10.5 Å². The van der Waals surface area contributed by atoms with E-state index >= 15 is 0 Å². The summed E-state index contributed by atoms with van der Waals surface area (Å²) in [5.41, 5.74) is 6.46. The highest BCUT2D eigenvalue weighted by Crippen LogP contribution is 2.40. The Hall–Kier alpha value is -2.43. The zero-order valence-corrected chi connectivity index (χ0v) is 20.1. The number of aromatic nitrogens is 3. The van der Waals surface area contributed by atoms with Crippen molar-refractivity contribution in [3.8, 4) is 5.88 Å². The van der Waals surface area contributed by atoms with E-state index in [-0.39, 0.29) is 24.5 Å². The Morgan fingerprint density at radius 3 is 2.64 bits per heavy atom. The molecule has 0 aromatic carbocycles. The number of carbonyl (C=O) groups is 1. The smallest absolute Gasteiger partial charge is 0.355 e. The van der Waals surface area contributed by atoms with Gasteiger partial charge in [-0.1, -0.05) is 12.8 Å². The predicted molar refractivity (Wildman–Crippen MR) is 121 cm³/mol. The predicted octanol–water partition coefficient (Wildman–Crippen LogP) is 3.79. The standard InChI is InChI=1S/C23H34N4O6/c1-6-30-19-16-11-17(27(15-9-7-8-10-15)18(16)25-21(24)26-19)20(28)31-13-14-12-22(2,3)32-33-23(14,4)29-5/h11,14-15H,6-10,12-13H2,1-5H3,(H2,24,25,26). The Bertz CT molecular complexity index is 1020. The average Bonchev–Trinajstić information content (AvgIpc) is 3.42. The van der Waals surface area contributed by atoms with E-state index in [2.05, 4.69) is 9.97 Å². The van der Waals surface area contributed by atoms with E-state index in [1.807, 2.05) is 25.3 Å². The Balaban J connectivity index is 1.66. The van der Waals surface area contributed by atoms with E-state index in [1.54, 1.807) is 20.1 Å². The van der Waals surface area contributed by atoms with E-state index in [9.17, 15) is 4.79 Å². The third kappa shape index (κ3) is 4.64. The molecule has 1 saturated carbocycles. The van der Waals surface area contributed by atoms with Gasteiger partial charge in [-0.05, 0) is 53.0 Å². The van der Waals surface area contributed by atoms with Crippen LogP contribution in [-0.4, -0.2) is 52.2 Å². The van der Waals surface area contributed by atoms with Crippen molar-refractivity contribution in [2.24, 2.45) is 5.92 Å². The lowest BCUT2D eigenvalue weighted by molar-refractivity contribution is -0.495. The molecular weight excluding hydrogens is 428 g/mol. The maximum atomic E-state index is 13.4. The van der Waals surface area contributed by atoms with Crippen molar-refractivity contribution in [2.45, 2.75) is 77.2 Å². The van der Waals surface area contributed by atoms with Crippen LogP contribution in [0.1, 0.15) is 76.3 Å². The number of methoxy groups -OCH3 is 1. The first-order valence-electron chi connectivity index (χ1n) is 11.6. The van der Waals surface area contributed by atoms with E-state index in [0.717, 1.165) is 25.7 Å². The maximum Gasteiger partial charge on any atom is 0.355 e. The van der Waals surface area contributed by atoms with Gasteiger partial charge in [0.05, 0.1) is 30.1 Å². The molecule has 2 aromatic heterocycles. The van der Waals surface area contributed by atoms with Gasteiger partial charge in [-0.25, -0.2) is 14.6 Å². The van der Waals surface area contributed by atoms with E-state index in [4.69, 9.17) is 29.7 Å². The molecule has 2 fully saturated rings. The fraction of sp³-hybridized carbons (Fsp3) is 0.696. The first-order chi connectivity index (χ1) is 15.7. The van der Waals surface area contributed by atoms with Crippen molar-refractivity contribution in [1.29, 1.82) is 0 Å². The summed E-state index contributed by atoms with van der Waals surface area (Å²) in [7, 11) is 1.55. The van der Waals surface area contributed by atoms with Crippen LogP contribution >= 0.6 is 0 Å². The van der Waals surface area contributed by atoms with E-state index in [1.165, 1.54) is 0 Å². The Morgan fingerprint density at radius 2 is 1.97 bits per heavy atom. The zero-order valence-electron chi connectivity index (χ0n) is 20.1. The zero-order chi connectivity index (χ0) is 23.8. The second-order valence-electron chi connectivity index (χ2n) is 9.54. The lowest BCUT2D eigenvalue weighted by atomic mass is 9.87. The fourth-order valence-corrected chi connectivity index (χ4v) is 4.76. The second-order valence-corrected chi connectivity index (χ2v) is 9.54. The molecule has 2 unspecified atom stereocenters. The average molecular weight is 463 g/mol. The minimum absolute atomic E-state index is 0.112. The minimum atomic E-state index is -1.02. The molecule has 2 N–H and O–H groups in total. The van der Waals surface area contributed by atoms with Crippen LogP contribution in [0.25, 0.3) is 11.0 Å². The summed E-state index contributed by atoms with van der Waals surface area (Å²) >= 11 is 0. The molecular formula is C23H34N4O6. The number of ether oxygens (including phenoxy) is 3. The number of esters is 1. The monoisotopic (exact) mass is 462 g/mol. The molecule has 10 nitrogen and oxygen atoms in total. The number of rotatable bonds is 7. The van der Waals surface area contributed by atoms with Gasteiger partial charge >= 0.3 is 5.97 Å². The van der Waals surface area contributed by atoms with Crippen LogP contribution in [0.2, 0.25) is 0 Å². The van der Waals surface area contributed by atoms with Gasteiger partial charge in [-0.3, -0.25) is 0 Å². The fourth-order valence-electron chi connectivity index (χ4n) is 4.76. The number of nitrogens with two attached hydrogens (primary N) is 1. The number of carbonyl (C=O) groups excluding carboxylic acids is 1. The van der Waals surface area contributed by atoms with Gasteiger partial charge in [0.15, 0.2) is 0 Å². The molecule has 0 amide bonds. The van der Waals surface area contributed by atoms with Crippen molar-refractivity contribution in [3.63, 3.8) is 0 Å². The molecule has 0 bridgehead atoms. The largest absolute Gasteiger partial charge is 0.477 e. The highest BCUT2D eigenvalue weighted by Gasteiger charge is 2.47. The van der Waals surface area contributed by atoms with Gasteiger partial charge in [0.2, 0.25) is 17.6 Å². The van der Waals surface area contributed by atoms with Crippen molar-refractivity contribution in [3.05, 3.63) is 11.8 Å². The quantitative estimate of drug-likeness (QED) is 0.484. The van der Waals surface area contributed by atoms with Crippen LogP contribution in [0.4, 0.5) is 5.95 Å². The molecule has 1 aliphatic carbocycles. The molecule has 0 radical (unpaired) electrons. The number of hydrogen-bond donors (Lipinski definition) is 1. The molecule has 33 heavy (non-hydrogen) atoms. The molecule has 4 rings (SSSR count). The van der Waals surface area contributed by atoms with Crippen molar-refractivity contribution in [2.75, 3.05) is 26.1 Å². The molecule has 1 aliphatic heterocycles. The lowest BCUT2D eigenvalue weighted by Crippen LogP contribution is -2.52. The summed E-state index contributed by atoms with van der Waals surface area (Å²) < 4.78 is 19.0. The van der Waals surface area contributed by atoms with E-state index < -0.39 is 17.4 Å². The van der Waals surface area contributed by atoms with Gasteiger partial charge in [0.25, 0.3) is 0 Å². The number of nitrogen functional groups attached to an aromatic ring is 1. The number of anilines is 1. The number of nitrogens with zero attached hydrogens (tertiary/aromatic N) is 3. The Labute approximate surface area is 193 Å². The molecule has 0 spiro atoms. The second kappa shape index (κ2) is 9.08. The first kappa shape index (κ1) is 23.7. The lowest BCUT2D eigenvalue weighted by Gasteiger charge is -2.44. The highest BCUT2D eigenvalue weighted by molar-refractivity contribution is 5.96. The van der Waals surface area contributed by atoms with Gasteiger partial charge in [0, 0.05) is 13.2 Å². The summed E-state index contributed by atoms with van der Waals surface area (Å²) in [6.45, 7) is 8.05. The molecule has 182 valence electrons. The molecule has 1 saturated heterocycles. The van der Waals surface area contributed by atoms with Crippen molar-refractivity contribution < 1.29 is 28.8 Å². The Morgan fingerprint density at radius 1 is 1.24 bits per heavy atom. The first-order valence-corrected chi connectivity index (χ1v) is 11.6. The molecule has 10 heteroatoms. The molecule has 2 aromatic rings. The topological polar surface area (TPSA) is 120 Å². The summed E-state index contributed by atoms with van der Waals surface area (Å²) in [6.07, 6.45) is 4.72. The summed E-state index contributed by atoms with van der Waals surface area (Å²) in [4.78, 5) is 33.0. The van der Waals surface area contributed by atoms with Crippen molar-refractivity contribution >= 4 is 23.0 Å². The van der Waals surface area contributed by atoms with Crippen LogP contribution in [0.3, 0.4) is 0 Å². The van der Waals surface area contributed by atoms with Crippen LogP contribution in [0, 0.1) is 5.92 Å². The summed E-state index contributed by atoms with van der Waals surface area (Å²) in [6, 6.07) is 1.89. The van der Waals surface area contributed by atoms with Crippen LogP contribution in [-0.2, 0) is 19.2 Å². The third-order valence-corrected chi connectivity index (χ3v) is 6.59. The van der Waals surface area contributed by atoms with Crippen LogP contribution in [0.15, 0.2) is 6.07 Å². The van der Waals surface area contributed by atoms with Gasteiger partial charge in [-0.15, -0.1) is 0 Å². The van der Waals surface area contributed by atoms with Crippen molar-refractivity contribution in [1.82, 2.24) is 14.5 Å². The van der Waals surface area contributed by atoms with Crippen LogP contribution in [0.5, 0.6) is 5.88 Å². The van der Waals surface area contributed by atoms with Gasteiger partial charge in [-0.2, -0.15) is 9.97 Å². The highest BCUT2D eigenvalue weighted by atomic mass is 17.2. The SMILES string of the molecule is CCOc1nc(N)nc2c1cc(C(=O)OCC1CC(C)(C)OOC1(C)OC)n2C1CCCC1. The molecule has 2 atom stereocenters. The summed E-state index contributed by atoms with van der Waals surface area (Å²) in [5.74, 6) is -1.19. The number of hydrogen-bond acceptors (Lipinski definition) is 9. The summed E-state index contributed by atoms with van der Waals surface area (Å²) in [5, 5.41) is 0.655. The minimum Gasteiger partial charge on any atom is -0.477 e.